The highest BCUT2D eigenvalue weighted by atomic mass is 31.2. The lowest BCUT2D eigenvalue weighted by atomic mass is 10.1. The number of hydrogen-bond acceptors (Lipinski definition) is 9. The van der Waals surface area contributed by atoms with Gasteiger partial charge in [-0.05, 0) is 50.1 Å². The first-order valence-corrected chi connectivity index (χ1v) is 13.1. The second-order valence-electron chi connectivity index (χ2n) is 9.32. The summed E-state index contributed by atoms with van der Waals surface area (Å²) in [5.74, 6) is 1.30. The standard InChI is InChI=1S/C26H29N4O6P/c1-26(2,3)36-37(31,32)34-18-30-14-6-7-22(25(30)27)23-16-21(29-35-23)15-19-9-11-20(12-10-19)17-33-24-8-4-5-13-28-24/h4-14,16,27H,15,17-18H2,1-3H3,(H,31,32). The number of ether oxygens (including phenoxy) is 1. The van der Waals surface area contributed by atoms with Crippen LogP contribution in [0.2, 0.25) is 0 Å². The Morgan fingerprint density at radius 3 is 2.54 bits per heavy atom. The molecule has 2 N–H and O–H groups in total. The van der Waals surface area contributed by atoms with Gasteiger partial charge in [-0.3, -0.25) is 14.8 Å². The van der Waals surface area contributed by atoms with E-state index >= 15 is 0 Å². The number of hydrogen-bond donors (Lipinski definition) is 1. The molecule has 1 unspecified atom stereocenters. The van der Waals surface area contributed by atoms with Gasteiger partial charge in [-0.1, -0.05) is 35.5 Å². The minimum atomic E-state index is -4.52. The van der Waals surface area contributed by atoms with Gasteiger partial charge in [0, 0.05) is 24.8 Å². The number of nitrogens with two attached hydrogens (primary N) is 1. The molecule has 11 heteroatoms. The molecule has 0 amide bonds. The van der Waals surface area contributed by atoms with Crippen molar-refractivity contribution in [2.75, 3.05) is 5.73 Å². The Morgan fingerprint density at radius 2 is 1.84 bits per heavy atom. The number of phosphoric ester groups is 1. The first kappa shape index (κ1) is 26.5. The van der Waals surface area contributed by atoms with Crippen molar-refractivity contribution < 1.29 is 32.3 Å². The fourth-order valence-corrected chi connectivity index (χ4v) is 4.44. The van der Waals surface area contributed by atoms with Gasteiger partial charge in [0.15, 0.2) is 12.5 Å². The van der Waals surface area contributed by atoms with Crippen molar-refractivity contribution in [1.29, 1.82) is 0 Å². The average molecular weight is 525 g/mol. The number of pyridine rings is 2. The summed E-state index contributed by atoms with van der Waals surface area (Å²) in [7, 11) is -4.52. The summed E-state index contributed by atoms with van der Waals surface area (Å²) in [6.45, 7) is 4.95. The van der Waals surface area contributed by atoms with Gasteiger partial charge in [-0.2, -0.15) is 0 Å². The van der Waals surface area contributed by atoms with E-state index in [1.165, 1.54) is 4.57 Å². The maximum atomic E-state index is 12.1. The number of aromatic nitrogens is 3. The zero-order valence-electron chi connectivity index (χ0n) is 20.9. The molecule has 4 aromatic rings. The van der Waals surface area contributed by atoms with E-state index in [2.05, 4.69) is 10.1 Å². The topological polar surface area (TPSA) is 137 Å². The van der Waals surface area contributed by atoms with E-state index in [4.69, 9.17) is 24.0 Å². The largest absolute Gasteiger partial charge is 0.756 e. The lowest BCUT2D eigenvalue weighted by molar-refractivity contribution is -0.713. The Morgan fingerprint density at radius 1 is 1.08 bits per heavy atom. The Bertz CT molecular complexity index is 1370. The fourth-order valence-electron chi connectivity index (χ4n) is 3.45. The van der Waals surface area contributed by atoms with Crippen molar-refractivity contribution in [2.45, 2.75) is 46.1 Å². The van der Waals surface area contributed by atoms with Crippen LogP contribution in [-0.4, -0.2) is 15.7 Å². The van der Waals surface area contributed by atoms with Crippen LogP contribution < -0.4 is 19.9 Å². The summed E-state index contributed by atoms with van der Waals surface area (Å²) >= 11 is 0. The van der Waals surface area contributed by atoms with Crippen LogP contribution in [0, 0.1) is 0 Å². The molecule has 0 aliphatic heterocycles. The van der Waals surface area contributed by atoms with Crippen molar-refractivity contribution in [1.82, 2.24) is 10.1 Å². The minimum absolute atomic E-state index is 0.262. The first-order valence-electron chi connectivity index (χ1n) is 11.6. The zero-order chi connectivity index (χ0) is 26.5. The molecule has 37 heavy (non-hydrogen) atoms. The Labute approximate surface area is 215 Å². The van der Waals surface area contributed by atoms with Gasteiger partial charge in [0.25, 0.3) is 13.6 Å². The highest BCUT2D eigenvalue weighted by Crippen LogP contribution is 2.42. The molecule has 1 aromatic carbocycles. The van der Waals surface area contributed by atoms with Crippen molar-refractivity contribution in [3.8, 4) is 17.2 Å². The Kier molecular flexibility index (Phi) is 8.04. The molecule has 3 aromatic heterocycles. The molecule has 4 rings (SSSR count). The van der Waals surface area contributed by atoms with Gasteiger partial charge in [0.1, 0.15) is 12.2 Å². The summed E-state index contributed by atoms with van der Waals surface area (Å²) < 4.78 is 34.7. The van der Waals surface area contributed by atoms with Crippen molar-refractivity contribution in [2.24, 2.45) is 0 Å². The predicted octanol–water partition coefficient (Wildman–Crippen LogP) is 4.03. The quantitative estimate of drug-likeness (QED) is 0.241. The van der Waals surface area contributed by atoms with E-state index in [1.54, 1.807) is 51.4 Å². The number of nitrogen functional groups attached to an aromatic ring is 1. The lowest BCUT2D eigenvalue weighted by Crippen LogP contribution is -2.39. The molecule has 0 saturated carbocycles. The normalized spacial score (nSPS) is 13.3. The van der Waals surface area contributed by atoms with E-state index in [9.17, 15) is 9.46 Å². The molecule has 0 spiro atoms. The van der Waals surface area contributed by atoms with E-state index < -0.39 is 13.4 Å². The molecule has 0 saturated heterocycles. The molecular formula is C26H29N4O6P. The van der Waals surface area contributed by atoms with E-state index in [1.807, 2.05) is 42.5 Å². The summed E-state index contributed by atoms with van der Waals surface area (Å²) in [5.41, 5.74) is 8.72. The maximum Gasteiger partial charge on any atom is 0.285 e. The van der Waals surface area contributed by atoms with Crippen LogP contribution in [0.15, 0.2) is 77.6 Å². The fraction of sp³-hybridized carbons (Fsp3) is 0.269. The zero-order valence-corrected chi connectivity index (χ0v) is 21.8. The van der Waals surface area contributed by atoms with Crippen LogP contribution in [0.4, 0.5) is 5.82 Å². The predicted molar refractivity (Wildman–Crippen MR) is 134 cm³/mol. The van der Waals surface area contributed by atoms with Crippen molar-refractivity contribution >= 4 is 13.6 Å². The average Bonchev–Trinajstić information content (AvgIpc) is 3.30. The smallest absolute Gasteiger partial charge is 0.285 e. The van der Waals surface area contributed by atoms with Crippen LogP contribution in [0.3, 0.4) is 0 Å². The van der Waals surface area contributed by atoms with Crippen molar-refractivity contribution in [3.05, 3.63) is 89.9 Å². The Hall–Kier alpha value is -3.56. The van der Waals surface area contributed by atoms with Gasteiger partial charge in [0.2, 0.25) is 5.88 Å². The summed E-state index contributed by atoms with van der Waals surface area (Å²) in [6.07, 6.45) is 3.85. The van der Waals surface area contributed by atoms with Crippen LogP contribution in [0.5, 0.6) is 5.88 Å². The van der Waals surface area contributed by atoms with Crippen LogP contribution in [0.25, 0.3) is 11.3 Å². The first-order chi connectivity index (χ1) is 17.6. The van der Waals surface area contributed by atoms with E-state index in [0.29, 0.717) is 30.2 Å². The van der Waals surface area contributed by atoms with E-state index in [0.717, 1.165) is 16.8 Å². The third-order valence-electron chi connectivity index (χ3n) is 5.11. The molecule has 0 fully saturated rings. The van der Waals surface area contributed by atoms with Gasteiger partial charge in [0.05, 0.1) is 17.5 Å². The monoisotopic (exact) mass is 524 g/mol. The molecule has 1 atom stereocenters. The molecule has 0 aliphatic rings. The molecule has 3 heterocycles. The van der Waals surface area contributed by atoms with E-state index in [-0.39, 0.29) is 12.5 Å². The maximum absolute atomic E-state index is 12.1. The molecule has 0 aliphatic carbocycles. The lowest BCUT2D eigenvalue weighted by Gasteiger charge is -2.29. The van der Waals surface area contributed by atoms with Gasteiger partial charge < -0.3 is 18.7 Å². The Balaban J connectivity index is 1.38. The second-order valence-corrected chi connectivity index (χ2v) is 10.7. The minimum Gasteiger partial charge on any atom is -0.756 e. The molecule has 10 nitrogen and oxygen atoms in total. The highest BCUT2D eigenvalue weighted by molar-refractivity contribution is 7.45. The third-order valence-corrected chi connectivity index (χ3v) is 6.32. The van der Waals surface area contributed by atoms with Gasteiger partial charge >= 0.3 is 0 Å². The van der Waals surface area contributed by atoms with Crippen LogP contribution >= 0.6 is 7.82 Å². The van der Waals surface area contributed by atoms with Gasteiger partial charge in [-0.15, -0.1) is 0 Å². The SMILES string of the molecule is CC(C)(C)OP(=O)([O-])OC[n+]1cccc(-c2cc(Cc3ccc(COc4ccccn4)cc3)no2)c1N. The number of phosphoric acid groups is 1. The summed E-state index contributed by atoms with van der Waals surface area (Å²) in [6, 6.07) is 18.8. The van der Waals surface area contributed by atoms with Crippen LogP contribution in [-0.2, 0) is 33.4 Å². The number of nitrogens with zero attached hydrogens (tertiary/aromatic N) is 3. The summed E-state index contributed by atoms with van der Waals surface area (Å²) in [5, 5.41) is 4.16. The highest BCUT2D eigenvalue weighted by Gasteiger charge is 2.23. The number of anilines is 1. The second kappa shape index (κ2) is 11.2. The molecule has 0 radical (unpaired) electrons. The summed E-state index contributed by atoms with van der Waals surface area (Å²) in [4.78, 5) is 16.2. The molecule has 0 bridgehead atoms. The number of rotatable bonds is 10. The molecule has 194 valence electrons. The third kappa shape index (κ3) is 7.71. The number of benzene rings is 1. The van der Waals surface area contributed by atoms with Crippen molar-refractivity contribution in [3.63, 3.8) is 0 Å². The van der Waals surface area contributed by atoms with Crippen LogP contribution in [0.1, 0.15) is 37.6 Å². The van der Waals surface area contributed by atoms with Gasteiger partial charge in [-0.25, -0.2) is 9.55 Å². The molecular weight excluding hydrogens is 495 g/mol.